The third kappa shape index (κ3) is 3.76. The summed E-state index contributed by atoms with van der Waals surface area (Å²) >= 11 is 0. The SMILES string of the molecule is CNC(=O)c1ccc(Nc2nc(-c3cncc(CN)c3)cc3cc[nH]c(=O)c23)cc1. The molecule has 1 aromatic carbocycles. The fourth-order valence-corrected chi connectivity index (χ4v) is 3.18. The van der Waals surface area contributed by atoms with Gasteiger partial charge >= 0.3 is 0 Å². The average Bonchev–Trinajstić information content (AvgIpc) is 2.79. The Bertz CT molecular complexity index is 1280. The number of hydrogen-bond acceptors (Lipinski definition) is 6. The van der Waals surface area contributed by atoms with Crippen LogP contribution in [0, 0.1) is 0 Å². The molecule has 0 aliphatic heterocycles. The fraction of sp³-hybridized carbons (Fsp3) is 0.0909. The Morgan fingerprint density at radius 2 is 1.93 bits per heavy atom. The van der Waals surface area contributed by atoms with E-state index in [2.05, 4.69) is 25.6 Å². The summed E-state index contributed by atoms with van der Waals surface area (Å²) in [5.74, 6) is 0.242. The molecule has 0 spiro atoms. The van der Waals surface area contributed by atoms with Crippen molar-refractivity contribution in [3.8, 4) is 11.3 Å². The predicted octanol–water partition coefficient (Wildman–Crippen LogP) is 2.55. The smallest absolute Gasteiger partial charge is 0.259 e. The van der Waals surface area contributed by atoms with Crippen LogP contribution in [-0.2, 0) is 6.54 Å². The van der Waals surface area contributed by atoms with E-state index in [4.69, 9.17) is 5.73 Å². The largest absolute Gasteiger partial charge is 0.355 e. The zero-order valence-corrected chi connectivity index (χ0v) is 16.3. The molecule has 150 valence electrons. The van der Waals surface area contributed by atoms with Gasteiger partial charge in [-0.3, -0.25) is 14.6 Å². The van der Waals surface area contributed by atoms with E-state index in [1.54, 1.807) is 49.9 Å². The van der Waals surface area contributed by atoms with E-state index in [0.717, 1.165) is 16.5 Å². The van der Waals surface area contributed by atoms with E-state index >= 15 is 0 Å². The van der Waals surface area contributed by atoms with Crippen molar-refractivity contribution in [2.45, 2.75) is 6.54 Å². The van der Waals surface area contributed by atoms with E-state index in [1.165, 1.54) is 0 Å². The number of aromatic amines is 1. The molecule has 8 heteroatoms. The van der Waals surface area contributed by atoms with Crippen molar-refractivity contribution in [3.05, 3.63) is 82.5 Å². The number of benzene rings is 1. The second kappa shape index (κ2) is 8.14. The highest BCUT2D eigenvalue weighted by Crippen LogP contribution is 2.28. The number of aromatic nitrogens is 3. The van der Waals surface area contributed by atoms with Crippen LogP contribution >= 0.6 is 0 Å². The van der Waals surface area contributed by atoms with Crippen LogP contribution in [0.3, 0.4) is 0 Å². The van der Waals surface area contributed by atoms with E-state index in [0.29, 0.717) is 34.7 Å². The maximum atomic E-state index is 12.5. The topological polar surface area (TPSA) is 126 Å². The van der Waals surface area contributed by atoms with Crippen LogP contribution in [0.4, 0.5) is 11.5 Å². The minimum atomic E-state index is -0.245. The summed E-state index contributed by atoms with van der Waals surface area (Å²) < 4.78 is 0. The molecule has 0 saturated carbocycles. The van der Waals surface area contributed by atoms with E-state index in [-0.39, 0.29) is 11.5 Å². The summed E-state index contributed by atoms with van der Waals surface area (Å²) in [6.07, 6.45) is 5.02. The molecule has 3 aromatic heterocycles. The zero-order valence-electron chi connectivity index (χ0n) is 16.3. The standard InChI is InChI=1S/C22H20N6O2/c1-24-21(29)14-2-4-17(5-3-14)27-20-19-15(6-7-26-22(19)30)9-18(28-20)16-8-13(10-23)11-25-12-16/h2-9,11-12H,10,23H2,1H3,(H,24,29)(H,26,30)(H,27,28). The highest BCUT2D eigenvalue weighted by atomic mass is 16.1. The lowest BCUT2D eigenvalue weighted by Gasteiger charge is -2.12. The average molecular weight is 400 g/mol. The monoisotopic (exact) mass is 400 g/mol. The molecule has 0 aliphatic rings. The first-order chi connectivity index (χ1) is 14.6. The third-order valence-electron chi connectivity index (χ3n) is 4.72. The van der Waals surface area contributed by atoms with Crippen LogP contribution in [0.25, 0.3) is 22.0 Å². The number of H-pyrrole nitrogens is 1. The molecule has 30 heavy (non-hydrogen) atoms. The molecule has 0 aliphatic carbocycles. The number of pyridine rings is 3. The number of amides is 1. The number of nitrogens with one attached hydrogen (secondary N) is 3. The quantitative estimate of drug-likeness (QED) is 0.408. The van der Waals surface area contributed by atoms with Gasteiger partial charge in [0.05, 0.1) is 11.1 Å². The van der Waals surface area contributed by atoms with Crippen molar-refractivity contribution in [2.75, 3.05) is 12.4 Å². The second-order valence-electron chi connectivity index (χ2n) is 6.69. The molecule has 0 bridgehead atoms. The molecule has 1 amide bonds. The Balaban J connectivity index is 1.81. The first kappa shape index (κ1) is 19.3. The molecule has 0 atom stereocenters. The minimum Gasteiger partial charge on any atom is -0.355 e. The molecular formula is C22H20N6O2. The molecule has 0 unspecified atom stereocenters. The Labute approximate surface area is 172 Å². The summed E-state index contributed by atoms with van der Waals surface area (Å²) in [5, 5.41) is 6.97. The Hall–Kier alpha value is -4.04. The Morgan fingerprint density at radius 3 is 2.67 bits per heavy atom. The predicted molar refractivity (Wildman–Crippen MR) is 117 cm³/mol. The molecule has 0 radical (unpaired) electrons. The maximum Gasteiger partial charge on any atom is 0.259 e. The van der Waals surface area contributed by atoms with Gasteiger partial charge in [-0.15, -0.1) is 0 Å². The van der Waals surface area contributed by atoms with Gasteiger partial charge < -0.3 is 21.4 Å². The second-order valence-corrected chi connectivity index (χ2v) is 6.69. The number of fused-ring (bicyclic) bond motifs is 1. The number of nitrogens with two attached hydrogens (primary N) is 1. The minimum absolute atomic E-state index is 0.171. The van der Waals surface area contributed by atoms with Gasteiger partial charge in [-0.2, -0.15) is 0 Å². The van der Waals surface area contributed by atoms with Crippen LogP contribution < -0.4 is 21.9 Å². The number of nitrogens with zero attached hydrogens (tertiary/aromatic N) is 2. The van der Waals surface area contributed by atoms with Gasteiger partial charge in [-0.1, -0.05) is 0 Å². The van der Waals surface area contributed by atoms with E-state index in [9.17, 15) is 9.59 Å². The van der Waals surface area contributed by atoms with Gasteiger partial charge in [0, 0.05) is 49.0 Å². The fourth-order valence-electron chi connectivity index (χ4n) is 3.18. The van der Waals surface area contributed by atoms with Crippen molar-refractivity contribution < 1.29 is 4.79 Å². The summed E-state index contributed by atoms with van der Waals surface area (Å²) in [4.78, 5) is 35.9. The Kier molecular flexibility index (Phi) is 5.23. The highest BCUT2D eigenvalue weighted by molar-refractivity contribution is 5.96. The summed E-state index contributed by atoms with van der Waals surface area (Å²) in [6, 6.07) is 12.5. The molecule has 4 rings (SSSR count). The molecule has 0 saturated heterocycles. The van der Waals surface area contributed by atoms with Gasteiger partial charge in [-0.25, -0.2) is 4.98 Å². The maximum absolute atomic E-state index is 12.5. The highest BCUT2D eigenvalue weighted by Gasteiger charge is 2.12. The lowest BCUT2D eigenvalue weighted by atomic mass is 10.1. The summed E-state index contributed by atoms with van der Waals surface area (Å²) in [6.45, 7) is 0.372. The molecule has 8 nitrogen and oxygen atoms in total. The van der Waals surface area contributed by atoms with Crippen LogP contribution in [0.2, 0.25) is 0 Å². The van der Waals surface area contributed by atoms with E-state index < -0.39 is 0 Å². The normalized spacial score (nSPS) is 10.7. The summed E-state index contributed by atoms with van der Waals surface area (Å²) in [5.41, 5.74) is 9.09. The van der Waals surface area contributed by atoms with Crippen LogP contribution in [0.5, 0.6) is 0 Å². The number of anilines is 2. The summed E-state index contributed by atoms with van der Waals surface area (Å²) in [7, 11) is 1.58. The zero-order chi connectivity index (χ0) is 21.1. The van der Waals surface area contributed by atoms with Gasteiger partial charge in [0.25, 0.3) is 11.5 Å². The van der Waals surface area contributed by atoms with Gasteiger partial charge in [0.2, 0.25) is 0 Å². The number of hydrogen-bond donors (Lipinski definition) is 4. The van der Waals surface area contributed by atoms with Gasteiger partial charge in [0.15, 0.2) is 0 Å². The number of rotatable bonds is 5. The van der Waals surface area contributed by atoms with Crippen LogP contribution in [0.15, 0.2) is 65.8 Å². The lowest BCUT2D eigenvalue weighted by molar-refractivity contribution is 0.0963. The molecule has 4 aromatic rings. The molecule has 3 heterocycles. The molecular weight excluding hydrogens is 380 g/mol. The van der Waals surface area contributed by atoms with Crippen LogP contribution in [-0.4, -0.2) is 27.9 Å². The Morgan fingerprint density at radius 1 is 1.13 bits per heavy atom. The lowest BCUT2D eigenvalue weighted by Crippen LogP contribution is -2.17. The van der Waals surface area contributed by atoms with Gasteiger partial charge in [-0.05, 0) is 53.4 Å². The van der Waals surface area contributed by atoms with E-state index in [1.807, 2.05) is 18.2 Å². The van der Waals surface area contributed by atoms with Crippen molar-refractivity contribution in [1.29, 1.82) is 0 Å². The third-order valence-corrected chi connectivity index (χ3v) is 4.72. The van der Waals surface area contributed by atoms with Crippen molar-refractivity contribution >= 4 is 28.2 Å². The molecule has 0 fully saturated rings. The van der Waals surface area contributed by atoms with Crippen LogP contribution in [0.1, 0.15) is 15.9 Å². The number of carbonyl (C=O) groups excluding carboxylic acids is 1. The number of carbonyl (C=O) groups is 1. The first-order valence-corrected chi connectivity index (χ1v) is 9.35. The molecule has 5 N–H and O–H groups in total. The van der Waals surface area contributed by atoms with Crippen molar-refractivity contribution in [3.63, 3.8) is 0 Å². The van der Waals surface area contributed by atoms with Gasteiger partial charge in [0.1, 0.15) is 5.82 Å². The first-order valence-electron chi connectivity index (χ1n) is 9.35. The van der Waals surface area contributed by atoms with Crippen molar-refractivity contribution in [2.24, 2.45) is 5.73 Å². The van der Waals surface area contributed by atoms with Crippen molar-refractivity contribution in [1.82, 2.24) is 20.3 Å².